The zero-order valence-corrected chi connectivity index (χ0v) is 16.8. The second-order valence-electron chi connectivity index (χ2n) is 5.88. The van der Waals surface area contributed by atoms with Gasteiger partial charge in [0, 0.05) is 10.2 Å². The predicted octanol–water partition coefficient (Wildman–Crippen LogP) is 4.74. The lowest BCUT2D eigenvalue weighted by Crippen LogP contribution is -2.16. The lowest BCUT2D eigenvalue weighted by atomic mass is 10.3. The van der Waals surface area contributed by atoms with Crippen LogP contribution in [0.5, 0.6) is 0 Å². The summed E-state index contributed by atoms with van der Waals surface area (Å²) >= 11 is 3.39. The van der Waals surface area contributed by atoms with Crippen LogP contribution in [0.4, 0.5) is 17.3 Å². The maximum absolute atomic E-state index is 12.8. The minimum absolute atomic E-state index is 0.120. The van der Waals surface area contributed by atoms with Gasteiger partial charge in [0.2, 0.25) is 0 Å². The summed E-state index contributed by atoms with van der Waals surface area (Å²) in [6.07, 6.45) is 0. The van der Waals surface area contributed by atoms with Crippen LogP contribution in [0.3, 0.4) is 0 Å². The number of sulfonamides is 1. The van der Waals surface area contributed by atoms with E-state index in [0.717, 1.165) is 10.2 Å². The van der Waals surface area contributed by atoms with Crippen molar-refractivity contribution >= 4 is 54.3 Å². The minimum Gasteiger partial charge on any atom is -0.337 e. The van der Waals surface area contributed by atoms with Gasteiger partial charge in [-0.05, 0) is 54.6 Å². The van der Waals surface area contributed by atoms with E-state index in [4.69, 9.17) is 0 Å². The molecular formula is C20H14BrN4O2S. The maximum Gasteiger partial charge on any atom is 0.263 e. The van der Waals surface area contributed by atoms with Gasteiger partial charge in [0.25, 0.3) is 10.0 Å². The van der Waals surface area contributed by atoms with Gasteiger partial charge in [-0.2, -0.15) is 0 Å². The summed E-state index contributed by atoms with van der Waals surface area (Å²) < 4.78 is 29.0. The van der Waals surface area contributed by atoms with E-state index in [2.05, 4.69) is 42.0 Å². The Morgan fingerprint density at radius 3 is 2.07 bits per heavy atom. The molecule has 0 atom stereocenters. The number of aromatic nitrogens is 2. The molecule has 8 heteroatoms. The van der Waals surface area contributed by atoms with Crippen LogP contribution in [0.1, 0.15) is 0 Å². The molecule has 4 aromatic rings. The van der Waals surface area contributed by atoms with Crippen LogP contribution < -0.4 is 10.0 Å². The Morgan fingerprint density at radius 2 is 1.43 bits per heavy atom. The van der Waals surface area contributed by atoms with Crippen LogP contribution in [-0.2, 0) is 10.0 Å². The van der Waals surface area contributed by atoms with Crippen molar-refractivity contribution in [2.24, 2.45) is 0 Å². The summed E-state index contributed by atoms with van der Waals surface area (Å²) in [5.74, 6) is 0.432. The van der Waals surface area contributed by atoms with Crippen LogP contribution in [0.2, 0.25) is 0 Å². The Hall–Kier alpha value is -2.97. The first-order valence-electron chi connectivity index (χ1n) is 8.30. The van der Waals surface area contributed by atoms with E-state index >= 15 is 0 Å². The third-order valence-corrected chi connectivity index (χ3v) is 5.79. The average Bonchev–Trinajstić information content (AvgIpc) is 2.70. The molecule has 0 saturated heterocycles. The summed E-state index contributed by atoms with van der Waals surface area (Å²) in [7, 11) is -3.82. The Labute approximate surface area is 170 Å². The van der Waals surface area contributed by atoms with Crippen LogP contribution >= 0.6 is 15.9 Å². The van der Waals surface area contributed by atoms with Gasteiger partial charge in [0.1, 0.15) is 0 Å². The number of anilines is 3. The van der Waals surface area contributed by atoms with Gasteiger partial charge in [0.15, 0.2) is 11.6 Å². The van der Waals surface area contributed by atoms with Gasteiger partial charge in [-0.1, -0.05) is 40.2 Å². The van der Waals surface area contributed by atoms with Crippen molar-refractivity contribution in [2.45, 2.75) is 4.90 Å². The summed E-state index contributed by atoms with van der Waals surface area (Å²) in [5.41, 5.74) is 1.99. The molecule has 0 unspecified atom stereocenters. The second-order valence-corrected chi connectivity index (χ2v) is 8.48. The monoisotopic (exact) mass is 453 g/mol. The molecule has 1 aromatic heterocycles. The van der Waals surface area contributed by atoms with E-state index in [1.165, 1.54) is 12.1 Å². The van der Waals surface area contributed by atoms with Crippen molar-refractivity contribution in [1.29, 1.82) is 0 Å². The summed E-state index contributed by atoms with van der Waals surface area (Å²) in [6.45, 7) is 0. The zero-order valence-electron chi connectivity index (χ0n) is 14.4. The molecule has 1 heterocycles. The molecule has 0 saturated carbocycles. The topological polar surface area (TPSA) is 84.0 Å². The number of hydrogen-bond donors (Lipinski definition) is 2. The largest absolute Gasteiger partial charge is 0.337 e. The SMILES string of the molecule is O=S(=O)(Nc1nc2ccccc2nc1Nc1ccc(Br)cc1)c1cc[c]cc1. The molecule has 0 aliphatic rings. The summed E-state index contributed by atoms with van der Waals surface area (Å²) in [5, 5.41) is 3.14. The van der Waals surface area contributed by atoms with Crippen molar-refractivity contribution in [3.05, 3.63) is 83.3 Å². The highest BCUT2D eigenvalue weighted by atomic mass is 79.9. The number of halogens is 1. The standard InChI is InChI=1S/C20H14BrN4O2S/c21-14-10-12-15(13-11-14)22-19-20(24-18-9-5-4-8-17(18)23-19)25-28(26,27)16-6-2-1-3-7-16/h2-13H,(H,22,23)(H,24,25). The number of fused-ring (bicyclic) bond motifs is 1. The van der Waals surface area contributed by atoms with Crippen molar-refractivity contribution in [3.63, 3.8) is 0 Å². The van der Waals surface area contributed by atoms with Gasteiger partial charge < -0.3 is 5.32 Å². The van der Waals surface area contributed by atoms with Gasteiger partial charge in [-0.15, -0.1) is 0 Å². The number of nitrogens with zero attached hydrogens (tertiary/aromatic N) is 2. The Kier molecular flexibility index (Phi) is 4.97. The quantitative estimate of drug-likeness (QED) is 0.455. The fourth-order valence-corrected chi connectivity index (χ4v) is 3.84. The fraction of sp³-hybridized carbons (Fsp3) is 0. The van der Waals surface area contributed by atoms with Crippen molar-refractivity contribution < 1.29 is 8.42 Å². The van der Waals surface area contributed by atoms with Crippen molar-refractivity contribution in [2.75, 3.05) is 10.0 Å². The molecule has 0 bridgehead atoms. The number of benzene rings is 3. The fourth-order valence-electron chi connectivity index (χ4n) is 2.57. The zero-order chi connectivity index (χ0) is 19.6. The van der Waals surface area contributed by atoms with E-state index < -0.39 is 10.0 Å². The van der Waals surface area contributed by atoms with E-state index in [1.807, 2.05) is 42.5 Å². The number of hydrogen-bond acceptors (Lipinski definition) is 5. The molecule has 28 heavy (non-hydrogen) atoms. The second kappa shape index (κ2) is 7.57. The molecule has 2 N–H and O–H groups in total. The number of nitrogens with one attached hydrogen (secondary N) is 2. The Bertz CT molecular complexity index is 1230. The molecule has 0 fully saturated rings. The molecule has 4 rings (SSSR count). The normalized spacial score (nSPS) is 11.3. The van der Waals surface area contributed by atoms with E-state index in [9.17, 15) is 8.42 Å². The molecule has 3 aromatic carbocycles. The van der Waals surface area contributed by atoms with Crippen LogP contribution in [0.25, 0.3) is 11.0 Å². The van der Waals surface area contributed by atoms with E-state index in [-0.39, 0.29) is 10.7 Å². The molecule has 0 aliphatic carbocycles. The average molecular weight is 454 g/mol. The smallest absolute Gasteiger partial charge is 0.263 e. The van der Waals surface area contributed by atoms with Crippen LogP contribution in [0.15, 0.2) is 82.2 Å². The molecule has 139 valence electrons. The highest BCUT2D eigenvalue weighted by Crippen LogP contribution is 2.27. The Balaban J connectivity index is 1.78. The predicted molar refractivity (Wildman–Crippen MR) is 113 cm³/mol. The van der Waals surface area contributed by atoms with Gasteiger partial charge in [-0.25, -0.2) is 18.4 Å². The van der Waals surface area contributed by atoms with Gasteiger partial charge in [-0.3, -0.25) is 4.72 Å². The number of para-hydroxylation sites is 2. The molecule has 1 radical (unpaired) electrons. The van der Waals surface area contributed by atoms with Crippen molar-refractivity contribution in [1.82, 2.24) is 9.97 Å². The summed E-state index contributed by atoms with van der Waals surface area (Å²) in [6, 6.07) is 23.6. The van der Waals surface area contributed by atoms with Gasteiger partial charge >= 0.3 is 0 Å². The third kappa shape index (κ3) is 3.97. The first-order valence-corrected chi connectivity index (χ1v) is 10.6. The van der Waals surface area contributed by atoms with Gasteiger partial charge in [0.05, 0.1) is 15.9 Å². The van der Waals surface area contributed by atoms with Crippen LogP contribution in [0, 0.1) is 6.07 Å². The molecule has 0 aliphatic heterocycles. The highest BCUT2D eigenvalue weighted by molar-refractivity contribution is 9.10. The maximum atomic E-state index is 12.8. The molecular weight excluding hydrogens is 440 g/mol. The van der Waals surface area contributed by atoms with Crippen LogP contribution in [-0.4, -0.2) is 18.4 Å². The highest BCUT2D eigenvalue weighted by Gasteiger charge is 2.18. The molecule has 0 spiro atoms. The lowest BCUT2D eigenvalue weighted by molar-refractivity contribution is 0.601. The molecule has 6 nitrogen and oxygen atoms in total. The minimum atomic E-state index is -3.82. The Morgan fingerprint density at radius 1 is 0.821 bits per heavy atom. The molecule has 0 amide bonds. The first-order chi connectivity index (χ1) is 13.5. The third-order valence-electron chi connectivity index (χ3n) is 3.91. The van der Waals surface area contributed by atoms with Crippen molar-refractivity contribution in [3.8, 4) is 0 Å². The number of rotatable bonds is 5. The van der Waals surface area contributed by atoms with E-state index in [1.54, 1.807) is 18.2 Å². The lowest BCUT2D eigenvalue weighted by Gasteiger charge is -2.14. The summed E-state index contributed by atoms with van der Waals surface area (Å²) in [4.78, 5) is 9.14. The first kappa shape index (κ1) is 18.4. The van der Waals surface area contributed by atoms with E-state index in [0.29, 0.717) is 16.9 Å².